The topological polar surface area (TPSA) is 64.3 Å². The van der Waals surface area contributed by atoms with E-state index in [1.807, 2.05) is 12.1 Å². The zero-order chi connectivity index (χ0) is 13.1. The van der Waals surface area contributed by atoms with Crippen molar-refractivity contribution in [2.45, 2.75) is 38.3 Å². The number of ether oxygens (including phenoxy) is 1. The smallest absolute Gasteiger partial charge is 0.237 e. The summed E-state index contributed by atoms with van der Waals surface area (Å²) in [6.45, 7) is 1.70. The summed E-state index contributed by atoms with van der Waals surface area (Å²) in [6.07, 6.45) is 3.08. The summed E-state index contributed by atoms with van der Waals surface area (Å²) in [7, 11) is 1.67. The minimum absolute atomic E-state index is 0.0816. The molecule has 18 heavy (non-hydrogen) atoms. The van der Waals surface area contributed by atoms with Crippen molar-refractivity contribution < 1.29 is 9.53 Å². The van der Waals surface area contributed by atoms with Crippen LogP contribution in [0.4, 0.5) is 0 Å². The molecule has 0 bridgehead atoms. The van der Waals surface area contributed by atoms with Gasteiger partial charge in [0.2, 0.25) is 5.91 Å². The summed E-state index contributed by atoms with van der Waals surface area (Å²) in [5.41, 5.74) is 8.04. The van der Waals surface area contributed by atoms with Crippen molar-refractivity contribution in [3.8, 4) is 5.75 Å². The summed E-state index contributed by atoms with van der Waals surface area (Å²) >= 11 is 0. The molecule has 0 heterocycles. The molecule has 0 aromatic heterocycles. The molecule has 1 aliphatic rings. The minimum Gasteiger partial charge on any atom is -0.497 e. The van der Waals surface area contributed by atoms with Gasteiger partial charge in [0.25, 0.3) is 0 Å². The first-order valence-electron chi connectivity index (χ1n) is 6.34. The molecular weight excluding hydrogens is 228 g/mol. The number of hydrogen-bond acceptors (Lipinski definition) is 3. The van der Waals surface area contributed by atoms with Crippen LogP contribution in [-0.4, -0.2) is 19.1 Å². The van der Waals surface area contributed by atoms with Crippen LogP contribution < -0.4 is 15.8 Å². The van der Waals surface area contributed by atoms with Crippen LogP contribution in [0, 0.1) is 0 Å². The number of methoxy groups -OCH3 is 1. The molecule has 1 amide bonds. The van der Waals surface area contributed by atoms with Crippen LogP contribution >= 0.6 is 0 Å². The third-order valence-electron chi connectivity index (χ3n) is 3.39. The maximum atomic E-state index is 11.7. The first kappa shape index (κ1) is 12.9. The van der Waals surface area contributed by atoms with E-state index < -0.39 is 6.04 Å². The van der Waals surface area contributed by atoms with E-state index in [1.54, 1.807) is 14.0 Å². The fourth-order valence-electron chi connectivity index (χ4n) is 2.37. The Morgan fingerprint density at radius 1 is 1.56 bits per heavy atom. The van der Waals surface area contributed by atoms with E-state index in [1.165, 1.54) is 11.1 Å². The zero-order valence-corrected chi connectivity index (χ0v) is 10.9. The van der Waals surface area contributed by atoms with Gasteiger partial charge in [0.15, 0.2) is 0 Å². The summed E-state index contributed by atoms with van der Waals surface area (Å²) in [6, 6.07) is 5.65. The SMILES string of the molecule is COc1ccc2c(c1)CCCC2NC(=O)[C@@H](C)N. The molecule has 0 saturated carbocycles. The van der Waals surface area contributed by atoms with Crippen molar-refractivity contribution in [1.29, 1.82) is 0 Å². The molecule has 0 fully saturated rings. The molecule has 3 N–H and O–H groups in total. The Hall–Kier alpha value is -1.55. The molecule has 0 radical (unpaired) electrons. The molecule has 1 aromatic rings. The van der Waals surface area contributed by atoms with Gasteiger partial charge in [0.1, 0.15) is 5.75 Å². The van der Waals surface area contributed by atoms with Gasteiger partial charge in [-0.2, -0.15) is 0 Å². The highest BCUT2D eigenvalue weighted by molar-refractivity contribution is 5.81. The molecule has 98 valence electrons. The van der Waals surface area contributed by atoms with Crippen LogP contribution in [-0.2, 0) is 11.2 Å². The number of nitrogens with two attached hydrogens (primary N) is 1. The Balaban J connectivity index is 2.20. The van der Waals surface area contributed by atoms with Gasteiger partial charge < -0.3 is 15.8 Å². The van der Waals surface area contributed by atoms with Crippen molar-refractivity contribution in [3.05, 3.63) is 29.3 Å². The van der Waals surface area contributed by atoms with E-state index in [0.29, 0.717) is 0 Å². The van der Waals surface area contributed by atoms with E-state index in [4.69, 9.17) is 10.5 Å². The maximum absolute atomic E-state index is 11.7. The number of amides is 1. The van der Waals surface area contributed by atoms with E-state index >= 15 is 0 Å². The Bertz CT molecular complexity index is 443. The van der Waals surface area contributed by atoms with Crippen LogP contribution in [0.15, 0.2) is 18.2 Å². The number of carbonyl (C=O) groups is 1. The fraction of sp³-hybridized carbons (Fsp3) is 0.500. The minimum atomic E-state index is -0.464. The standard InChI is InChI=1S/C14H20N2O2/c1-9(15)14(17)16-13-5-3-4-10-8-11(18-2)6-7-12(10)13/h6-9,13H,3-5,15H2,1-2H3,(H,16,17)/t9-,13?/m1/s1. The first-order chi connectivity index (χ1) is 8.61. The van der Waals surface area contributed by atoms with Gasteiger partial charge in [0.05, 0.1) is 19.2 Å². The normalized spacial score (nSPS) is 19.8. The molecule has 1 aromatic carbocycles. The predicted molar refractivity (Wildman–Crippen MR) is 70.5 cm³/mol. The highest BCUT2D eigenvalue weighted by Gasteiger charge is 2.23. The Morgan fingerprint density at radius 2 is 2.33 bits per heavy atom. The number of rotatable bonds is 3. The van der Waals surface area contributed by atoms with Crippen LogP contribution in [0.5, 0.6) is 5.75 Å². The summed E-state index contributed by atoms with van der Waals surface area (Å²) < 4.78 is 5.23. The summed E-state index contributed by atoms with van der Waals surface area (Å²) in [4.78, 5) is 11.7. The summed E-state index contributed by atoms with van der Waals surface area (Å²) in [5.74, 6) is 0.775. The Morgan fingerprint density at radius 3 is 3.00 bits per heavy atom. The van der Waals surface area contributed by atoms with E-state index in [9.17, 15) is 4.79 Å². The second-order valence-corrected chi connectivity index (χ2v) is 4.81. The number of nitrogens with one attached hydrogen (secondary N) is 1. The average Bonchev–Trinajstić information content (AvgIpc) is 2.38. The zero-order valence-electron chi connectivity index (χ0n) is 10.9. The number of fused-ring (bicyclic) bond motifs is 1. The molecule has 1 aliphatic carbocycles. The predicted octanol–water partition coefficient (Wildman–Crippen LogP) is 1.54. The van der Waals surface area contributed by atoms with Gasteiger partial charge in [-0.25, -0.2) is 0 Å². The Kier molecular flexibility index (Phi) is 3.87. The largest absolute Gasteiger partial charge is 0.497 e. The number of aryl methyl sites for hydroxylation is 1. The third kappa shape index (κ3) is 2.64. The van der Waals surface area contributed by atoms with Crippen molar-refractivity contribution in [3.63, 3.8) is 0 Å². The quantitative estimate of drug-likeness (QED) is 0.852. The van der Waals surface area contributed by atoms with E-state index in [-0.39, 0.29) is 11.9 Å². The molecule has 0 saturated heterocycles. The molecular formula is C14H20N2O2. The van der Waals surface area contributed by atoms with Crippen LogP contribution in [0.1, 0.15) is 36.9 Å². The monoisotopic (exact) mass is 248 g/mol. The van der Waals surface area contributed by atoms with Crippen molar-refractivity contribution in [2.24, 2.45) is 5.73 Å². The highest BCUT2D eigenvalue weighted by atomic mass is 16.5. The van der Waals surface area contributed by atoms with Crippen LogP contribution in [0.25, 0.3) is 0 Å². The van der Waals surface area contributed by atoms with E-state index in [2.05, 4.69) is 11.4 Å². The van der Waals surface area contributed by atoms with Crippen molar-refractivity contribution in [2.75, 3.05) is 7.11 Å². The third-order valence-corrected chi connectivity index (χ3v) is 3.39. The van der Waals surface area contributed by atoms with Crippen LogP contribution in [0.2, 0.25) is 0 Å². The van der Waals surface area contributed by atoms with Gasteiger partial charge in [0, 0.05) is 0 Å². The molecule has 1 unspecified atom stereocenters. The second-order valence-electron chi connectivity index (χ2n) is 4.81. The molecule has 4 heteroatoms. The van der Waals surface area contributed by atoms with Gasteiger partial charge in [-0.3, -0.25) is 4.79 Å². The second kappa shape index (κ2) is 5.40. The van der Waals surface area contributed by atoms with Crippen molar-refractivity contribution in [1.82, 2.24) is 5.32 Å². The number of hydrogen-bond donors (Lipinski definition) is 2. The van der Waals surface area contributed by atoms with Gasteiger partial charge in [-0.05, 0) is 49.4 Å². The number of carbonyl (C=O) groups excluding carboxylic acids is 1. The average molecular weight is 248 g/mol. The lowest BCUT2D eigenvalue weighted by Gasteiger charge is -2.27. The van der Waals surface area contributed by atoms with Gasteiger partial charge >= 0.3 is 0 Å². The molecule has 2 rings (SSSR count). The molecule has 0 spiro atoms. The fourth-order valence-corrected chi connectivity index (χ4v) is 2.37. The summed E-state index contributed by atoms with van der Waals surface area (Å²) in [5, 5.41) is 3.01. The lowest BCUT2D eigenvalue weighted by Crippen LogP contribution is -2.41. The lowest BCUT2D eigenvalue weighted by molar-refractivity contribution is -0.122. The molecule has 0 aliphatic heterocycles. The molecule has 2 atom stereocenters. The number of benzene rings is 1. The van der Waals surface area contributed by atoms with Gasteiger partial charge in [-0.1, -0.05) is 6.07 Å². The highest BCUT2D eigenvalue weighted by Crippen LogP contribution is 2.32. The van der Waals surface area contributed by atoms with Gasteiger partial charge in [-0.15, -0.1) is 0 Å². The Labute approximate surface area is 108 Å². The lowest BCUT2D eigenvalue weighted by atomic mass is 9.87. The maximum Gasteiger partial charge on any atom is 0.237 e. The van der Waals surface area contributed by atoms with Crippen LogP contribution in [0.3, 0.4) is 0 Å². The first-order valence-corrected chi connectivity index (χ1v) is 6.34. The molecule has 4 nitrogen and oxygen atoms in total. The van der Waals surface area contributed by atoms with Crippen molar-refractivity contribution >= 4 is 5.91 Å². The van der Waals surface area contributed by atoms with E-state index in [0.717, 1.165) is 25.0 Å².